The second-order valence-electron chi connectivity index (χ2n) is 10.4. The first-order valence-electron chi connectivity index (χ1n) is 11.1. The summed E-state index contributed by atoms with van der Waals surface area (Å²) in [5, 5.41) is 4.04. The molecule has 0 aromatic heterocycles. The smallest absolute Gasteiger partial charge is 0.220 e. The molecule has 2 unspecified atom stereocenters. The number of carbonyl (C=O) groups excluding carboxylic acids is 1. The van der Waals surface area contributed by atoms with Crippen LogP contribution in [0.15, 0.2) is 24.3 Å². The molecule has 7 atom stereocenters. The number of benzene rings is 1. The van der Waals surface area contributed by atoms with Gasteiger partial charge >= 0.3 is 0 Å². The second-order valence-corrected chi connectivity index (χ2v) is 10.8. The van der Waals surface area contributed by atoms with Crippen LogP contribution >= 0.6 is 11.6 Å². The SMILES string of the molecule is C[C@]12CC[C@@H]3[C@@H](CCC4NC(=O)CC[C@@]43C)[C@@H]1CC(Oc1ccccc1Cl)C2. The molecule has 3 nitrogen and oxygen atoms in total. The standard InChI is InChI=1S/C24H32ClNO2/c1-23-11-9-17-16(7-8-21-24(17,2)12-10-22(27)26-21)18(23)13-15(14-23)28-20-6-4-3-5-19(20)25/h3-6,15-18,21H,7-14H2,1-2H3,(H,26,27)/t15?,16-,17-,18+,21?,23-,24-/m1/s1. The quantitative estimate of drug-likeness (QED) is 0.699. The van der Waals surface area contributed by atoms with Gasteiger partial charge in [-0.25, -0.2) is 0 Å². The van der Waals surface area contributed by atoms with E-state index in [1.807, 2.05) is 24.3 Å². The Morgan fingerprint density at radius 2 is 1.93 bits per heavy atom. The zero-order valence-corrected chi connectivity index (χ0v) is 17.8. The van der Waals surface area contributed by atoms with Crippen molar-refractivity contribution in [2.45, 2.75) is 77.4 Å². The van der Waals surface area contributed by atoms with Crippen molar-refractivity contribution in [3.05, 3.63) is 29.3 Å². The number of fused-ring (bicyclic) bond motifs is 5. The molecule has 1 saturated heterocycles. The van der Waals surface area contributed by atoms with E-state index in [-0.39, 0.29) is 17.4 Å². The molecule has 1 aromatic carbocycles. The maximum absolute atomic E-state index is 12.0. The van der Waals surface area contributed by atoms with Crippen molar-refractivity contribution in [1.82, 2.24) is 5.32 Å². The van der Waals surface area contributed by atoms with E-state index in [9.17, 15) is 4.79 Å². The van der Waals surface area contributed by atoms with Crippen molar-refractivity contribution in [3.63, 3.8) is 0 Å². The molecule has 1 aliphatic heterocycles. The van der Waals surface area contributed by atoms with E-state index >= 15 is 0 Å². The monoisotopic (exact) mass is 401 g/mol. The maximum atomic E-state index is 12.0. The predicted molar refractivity (Wildman–Crippen MR) is 111 cm³/mol. The summed E-state index contributed by atoms with van der Waals surface area (Å²) >= 11 is 6.35. The highest BCUT2D eigenvalue weighted by Gasteiger charge is 2.59. The van der Waals surface area contributed by atoms with Crippen LogP contribution in [0.2, 0.25) is 5.02 Å². The highest BCUT2D eigenvalue weighted by molar-refractivity contribution is 6.32. The summed E-state index contributed by atoms with van der Waals surface area (Å²) in [6, 6.07) is 8.25. The van der Waals surface area contributed by atoms with Crippen LogP contribution in [0.4, 0.5) is 0 Å². The molecule has 0 spiro atoms. The van der Waals surface area contributed by atoms with E-state index in [2.05, 4.69) is 19.2 Å². The van der Waals surface area contributed by atoms with Gasteiger partial charge in [0, 0.05) is 12.5 Å². The number of rotatable bonds is 2. The molecule has 0 radical (unpaired) electrons. The van der Waals surface area contributed by atoms with Crippen molar-refractivity contribution in [1.29, 1.82) is 0 Å². The van der Waals surface area contributed by atoms with Gasteiger partial charge in [0.1, 0.15) is 5.75 Å². The summed E-state index contributed by atoms with van der Waals surface area (Å²) in [6.07, 6.45) is 9.32. The Morgan fingerprint density at radius 3 is 2.75 bits per heavy atom. The number of amides is 1. The third kappa shape index (κ3) is 2.88. The number of ether oxygens (including phenoxy) is 1. The molecule has 4 fully saturated rings. The first-order valence-corrected chi connectivity index (χ1v) is 11.5. The molecule has 3 saturated carbocycles. The first kappa shape index (κ1) is 18.8. The summed E-state index contributed by atoms with van der Waals surface area (Å²) in [7, 11) is 0. The van der Waals surface area contributed by atoms with E-state index in [0.717, 1.165) is 49.2 Å². The molecule has 152 valence electrons. The number of hydrogen-bond donors (Lipinski definition) is 1. The van der Waals surface area contributed by atoms with Crippen LogP contribution in [0.5, 0.6) is 5.75 Å². The highest BCUT2D eigenvalue weighted by atomic mass is 35.5. The molecular formula is C24H32ClNO2. The minimum atomic E-state index is 0.260. The van der Waals surface area contributed by atoms with E-state index < -0.39 is 0 Å². The van der Waals surface area contributed by atoms with Crippen LogP contribution in [0.25, 0.3) is 0 Å². The van der Waals surface area contributed by atoms with E-state index in [1.54, 1.807) is 0 Å². The molecule has 4 heteroatoms. The Labute approximate surface area is 173 Å². The van der Waals surface area contributed by atoms with Gasteiger partial charge in [0.25, 0.3) is 0 Å². The normalized spacial score (nSPS) is 44.8. The Bertz CT molecular complexity index is 782. The Balaban J connectivity index is 1.36. The number of para-hydroxylation sites is 1. The van der Waals surface area contributed by atoms with Gasteiger partial charge in [0.2, 0.25) is 5.91 Å². The van der Waals surface area contributed by atoms with Crippen molar-refractivity contribution in [2.75, 3.05) is 0 Å². The van der Waals surface area contributed by atoms with E-state index in [0.29, 0.717) is 22.9 Å². The fraction of sp³-hybridized carbons (Fsp3) is 0.708. The van der Waals surface area contributed by atoms with Crippen molar-refractivity contribution < 1.29 is 9.53 Å². The molecule has 3 aliphatic carbocycles. The van der Waals surface area contributed by atoms with Gasteiger partial charge in [-0.15, -0.1) is 0 Å². The topological polar surface area (TPSA) is 38.3 Å². The number of carbonyl (C=O) groups is 1. The van der Waals surface area contributed by atoms with E-state index in [4.69, 9.17) is 16.3 Å². The zero-order chi connectivity index (χ0) is 19.5. The molecule has 5 rings (SSSR count). The lowest BCUT2D eigenvalue weighted by Crippen LogP contribution is -2.60. The average Bonchev–Trinajstić information content (AvgIpc) is 3.00. The van der Waals surface area contributed by atoms with Crippen molar-refractivity contribution in [3.8, 4) is 5.75 Å². The number of hydrogen-bond acceptors (Lipinski definition) is 2. The third-order valence-corrected chi connectivity index (χ3v) is 9.27. The minimum absolute atomic E-state index is 0.260. The van der Waals surface area contributed by atoms with Crippen molar-refractivity contribution in [2.24, 2.45) is 28.6 Å². The van der Waals surface area contributed by atoms with Gasteiger partial charge in [-0.05, 0) is 85.7 Å². The fourth-order valence-corrected chi connectivity index (χ4v) is 7.69. The van der Waals surface area contributed by atoms with Gasteiger partial charge in [0.05, 0.1) is 11.1 Å². The van der Waals surface area contributed by atoms with Gasteiger partial charge in [0.15, 0.2) is 0 Å². The summed E-state index contributed by atoms with van der Waals surface area (Å²) in [4.78, 5) is 12.0. The largest absolute Gasteiger partial charge is 0.489 e. The number of nitrogens with one attached hydrogen (secondary N) is 1. The molecule has 1 N–H and O–H groups in total. The molecule has 0 bridgehead atoms. The van der Waals surface area contributed by atoms with Gasteiger partial charge < -0.3 is 10.1 Å². The van der Waals surface area contributed by atoms with Crippen LogP contribution in [-0.4, -0.2) is 18.1 Å². The lowest BCUT2D eigenvalue weighted by Gasteiger charge is -2.59. The van der Waals surface area contributed by atoms with E-state index in [1.165, 1.54) is 19.3 Å². The van der Waals surface area contributed by atoms with Crippen LogP contribution < -0.4 is 10.1 Å². The van der Waals surface area contributed by atoms with Crippen molar-refractivity contribution >= 4 is 17.5 Å². The fourth-order valence-electron chi connectivity index (χ4n) is 7.51. The molecule has 1 amide bonds. The summed E-state index contributed by atoms with van der Waals surface area (Å²) < 4.78 is 6.40. The predicted octanol–water partition coefficient (Wildman–Crippen LogP) is 5.61. The third-order valence-electron chi connectivity index (χ3n) is 8.95. The summed E-state index contributed by atoms with van der Waals surface area (Å²) in [5.41, 5.74) is 0.661. The first-order chi connectivity index (χ1) is 13.4. The lowest BCUT2D eigenvalue weighted by atomic mass is 9.48. The Morgan fingerprint density at radius 1 is 1.11 bits per heavy atom. The second kappa shape index (κ2) is 6.65. The van der Waals surface area contributed by atoms with Gasteiger partial charge in [-0.2, -0.15) is 0 Å². The molecule has 28 heavy (non-hydrogen) atoms. The number of piperidine rings is 1. The van der Waals surface area contributed by atoms with Crippen LogP contribution in [0, 0.1) is 28.6 Å². The van der Waals surface area contributed by atoms with Crippen LogP contribution in [0.1, 0.15) is 65.2 Å². The molecule has 1 aromatic rings. The van der Waals surface area contributed by atoms with Gasteiger partial charge in [-0.3, -0.25) is 4.79 Å². The average molecular weight is 402 g/mol. The lowest BCUT2D eigenvalue weighted by molar-refractivity contribution is -0.135. The Kier molecular flexibility index (Phi) is 4.46. The summed E-state index contributed by atoms with van der Waals surface area (Å²) in [5.74, 6) is 3.34. The molecular weight excluding hydrogens is 370 g/mol. The molecule has 1 heterocycles. The molecule has 4 aliphatic rings. The van der Waals surface area contributed by atoms with Crippen LogP contribution in [0.3, 0.4) is 0 Å². The van der Waals surface area contributed by atoms with Crippen LogP contribution in [-0.2, 0) is 4.79 Å². The number of halogens is 1. The zero-order valence-electron chi connectivity index (χ0n) is 17.0. The maximum Gasteiger partial charge on any atom is 0.220 e. The Hall–Kier alpha value is -1.22. The van der Waals surface area contributed by atoms with Gasteiger partial charge in [-0.1, -0.05) is 37.6 Å². The minimum Gasteiger partial charge on any atom is -0.489 e. The summed E-state index contributed by atoms with van der Waals surface area (Å²) in [6.45, 7) is 4.96. The highest BCUT2D eigenvalue weighted by Crippen LogP contribution is 2.64.